The summed E-state index contributed by atoms with van der Waals surface area (Å²) < 4.78 is 7.92. The van der Waals surface area contributed by atoms with Crippen molar-refractivity contribution in [2.75, 3.05) is 25.0 Å². The van der Waals surface area contributed by atoms with E-state index >= 15 is 0 Å². The highest BCUT2D eigenvalue weighted by Gasteiger charge is 2.29. The second-order valence-electron chi connectivity index (χ2n) is 11.1. The second kappa shape index (κ2) is 14.6. The number of nitrogens with one attached hydrogen (secondary N) is 1. The molecule has 0 aliphatic heterocycles. The smallest absolute Gasteiger partial charge is 0.322 e. The molecule has 0 spiro atoms. The van der Waals surface area contributed by atoms with Gasteiger partial charge in [0, 0.05) is 31.0 Å². The Morgan fingerprint density at radius 3 is 2.42 bits per heavy atom. The Balaban J connectivity index is 1.52. The van der Waals surface area contributed by atoms with Gasteiger partial charge in [0.2, 0.25) is 5.91 Å². The van der Waals surface area contributed by atoms with Crippen molar-refractivity contribution in [2.24, 2.45) is 5.92 Å². The van der Waals surface area contributed by atoms with Crippen LogP contribution < -0.4 is 10.1 Å². The number of amides is 3. The van der Waals surface area contributed by atoms with E-state index in [0.717, 1.165) is 37.9 Å². The minimum absolute atomic E-state index is 0.00625. The molecular formula is C33H44N4O3. The quantitative estimate of drug-likeness (QED) is 0.273. The van der Waals surface area contributed by atoms with Crippen molar-refractivity contribution in [2.45, 2.75) is 72.0 Å². The number of urea groups is 1. The van der Waals surface area contributed by atoms with Crippen LogP contribution in [0.1, 0.15) is 64.1 Å². The van der Waals surface area contributed by atoms with E-state index in [2.05, 4.69) is 66.3 Å². The van der Waals surface area contributed by atoms with Gasteiger partial charge in [-0.2, -0.15) is 0 Å². The molecule has 7 heteroatoms. The predicted molar refractivity (Wildman–Crippen MR) is 160 cm³/mol. The number of para-hydroxylation sites is 2. The van der Waals surface area contributed by atoms with Crippen LogP contribution in [0.5, 0.6) is 5.75 Å². The number of nitrogens with zero attached hydrogens (tertiary/aromatic N) is 3. The summed E-state index contributed by atoms with van der Waals surface area (Å²) in [5.74, 6) is 0.831. The van der Waals surface area contributed by atoms with E-state index in [0.29, 0.717) is 31.1 Å². The molecule has 2 aromatic carbocycles. The molecule has 3 amide bonds. The zero-order chi connectivity index (χ0) is 28.3. The van der Waals surface area contributed by atoms with Gasteiger partial charge in [0.1, 0.15) is 12.3 Å². The Bertz CT molecular complexity index is 1220. The van der Waals surface area contributed by atoms with Crippen LogP contribution in [0.3, 0.4) is 0 Å². The molecule has 1 heterocycles. The van der Waals surface area contributed by atoms with Crippen molar-refractivity contribution in [3.05, 3.63) is 84.2 Å². The molecule has 0 bridgehead atoms. The third-order valence-electron chi connectivity index (χ3n) is 7.41. The lowest BCUT2D eigenvalue weighted by molar-refractivity contribution is -0.135. The molecule has 0 atom stereocenters. The van der Waals surface area contributed by atoms with Gasteiger partial charge in [-0.1, -0.05) is 75.6 Å². The van der Waals surface area contributed by atoms with Crippen molar-refractivity contribution in [1.29, 1.82) is 0 Å². The number of aromatic nitrogens is 1. The van der Waals surface area contributed by atoms with E-state index < -0.39 is 0 Å². The summed E-state index contributed by atoms with van der Waals surface area (Å²) in [6, 6.07) is 21.9. The summed E-state index contributed by atoms with van der Waals surface area (Å²) in [6.45, 7) is 8.36. The van der Waals surface area contributed by atoms with E-state index in [1.807, 2.05) is 42.2 Å². The van der Waals surface area contributed by atoms with Crippen LogP contribution in [0.4, 0.5) is 10.5 Å². The Kier molecular flexibility index (Phi) is 10.7. The Morgan fingerprint density at radius 1 is 0.975 bits per heavy atom. The van der Waals surface area contributed by atoms with Crippen LogP contribution in [0.25, 0.3) is 0 Å². The monoisotopic (exact) mass is 544 g/mol. The van der Waals surface area contributed by atoms with Gasteiger partial charge in [0.15, 0.2) is 0 Å². The van der Waals surface area contributed by atoms with Gasteiger partial charge in [0.05, 0.1) is 18.8 Å². The highest BCUT2D eigenvalue weighted by Crippen LogP contribution is 2.26. The topological polar surface area (TPSA) is 66.8 Å². The maximum Gasteiger partial charge on any atom is 0.322 e. The molecule has 7 nitrogen and oxygen atoms in total. The molecule has 40 heavy (non-hydrogen) atoms. The van der Waals surface area contributed by atoms with Crippen LogP contribution in [0.15, 0.2) is 72.9 Å². The normalized spacial score (nSPS) is 13.7. The van der Waals surface area contributed by atoms with Crippen LogP contribution in [-0.2, 0) is 17.9 Å². The first-order valence-corrected chi connectivity index (χ1v) is 14.7. The molecule has 0 radical (unpaired) electrons. The fourth-order valence-corrected chi connectivity index (χ4v) is 5.48. The number of ether oxygens (including phenoxy) is 1. The number of carbonyl (C=O) groups excluding carboxylic acids is 2. The first kappa shape index (κ1) is 29.2. The number of benzene rings is 2. The maximum atomic E-state index is 14.0. The first-order valence-electron chi connectivity index (χ1n) is 14.7. The summed E-state index contributed by atoms with van der Waals surface area (Å²) in [6.07, 6.45) is 7.56. The highest BCUT2D eigenvalue weighted by molar-refractivity contribution is 5.93. The van der Waals surface area contributed by atoms with E-state index in [1.165, 1.54) is 12.0 Å². The van der Waals surface area contributed by atoms with Gasteiger partial charge < -0.3 is 24.4 Å². The Morgan fingerprint density at radius 2 is 1.70 bits per heavy atom. The fraction of sp³-hybridized carbons (Fsp3) is 0.455. The van der Waals surface area contributed by atoms with Gasteiger partial charge in [-0.25, -0.2) is 4.79 Å². The van der Waals surface area contributed by atoms with Crippen molar-refractivity contribution >= 4 is 17.6 Å². The van der Waals surface area contributed by atoms with E-state index in [1.54, 1.807) is 4.90 Å². The standard InChI is InChI=1S/C33H44N4O3/c1-4-40-31-20-12-11-19-30(31)34-33(39)36(22-26(2)3)25-32(38)37(28-16-9-6-10-17-28)24-29-18-13-21-35(29)23-27-14-7-5-8-15-27/h5,7-8,11-15,18-21,26,28H,4,6,9-10,16-17,22-25H2,1-3H3,(H,34,39). The van der Waals surface area contributed by atoms with Crippen LogP contribution in [0, 0.1) is 5.92 Å². The van der Waals surface area contributed by atoms with Crippen molar-refractivity contribution in [1.82, 2.24) is 14.4 Å². The Labute approximate surface area is 239 Å². The van der Waals surface area contributed by atoms with Crippen LogP contribution in [-0.4, -0.2) is 52.0 Å². The molecular weight excluding hydrogens is 500 g/mol. The number of anilines is 1. The molecule has 214 valence electrons. The third-order valence-corrected chi connectivity index (χ3v) is 7.41. The van der Waals surface area contributed by atoms with E-state index in [-0.39, 0.29) is 30.4 Å². The lowest BCUT2D eigenvalue weighted by Crippen LogP contribution is -2.49. The molecule has 0 unspecified atom stereocenters. The van der Waals surface area contributed by atoms with Gasteiger partial charge in [-0.3, -0.25) is 4.79 Å². The van der Waals surface area contributed by atoms with Crippen molar-refractivity contribution < 1.29 is 14.3 Å². The molecule has 1 N–H and O–H groups in total. The van der Waals surface area contributed by atoms with E-state index in [4.69, 9.17) is 4.74 Å². The lowest BCUT2D eigenvalue weighted by atomic mass is 9.94. The number of hydrogen-bond donors (Lipinski definition) is 1. The summed E-state index contributed by atoms with van der Waals surface area (Å²) in [5, 5.41) is 2.99. The average molecular weight is 545 g/mol. The average Bonchev–Trinajstić information content (AvgIpc) is 3.39. The van der Waals surface area contributed by atoms with Gasteiger partial charge in [0.25, 0.3) is 0 Å². The molecule has 1 saturated carbocycles. The van der Waals surface area contributed by atoms with Crippen LogP contribution in [0.2, 0.25) is 0 Å². The minimum Gasteiger partial charge on any atom is -0.492 e. The van der Waals surface area contributed by atoms with Gasteiger partial charge >= 0.3 is 6.03 Å². The Hall–Kier alpha value is -3.74. The molecule has 0 saturated heterocycles. The number of hydrogen-bond acceptors (Lipinski definition) is 3. The molecule has 1 aliphatic carbocycles. The largest absolute Gasteiger partial charge is 0.492 e. The molecule has 3 aromatic rings. The summed E-state index contributed by atoms with van der Waals surface area (Å²) >= 11 is 0. The summed E-state index contributed by atoms with van der Waals surface area (Å²) in [5.41, 5.74) is 2.94. The van der Waals surface area contributed by atoms with Crippen molar-refractivity contribution in [3.8, 4) is 5.75 Å². The zero-order valence-corrected chi connectivity index (χ0v) is 24.2. The number of rotatable bonds is 12. The molecule has 1 fully saturated rings. The molecule has 1 aliphatic rings. The predicted octanol–water partition coefficient (Wildman–Crippen LogP) is 6.79. The van der Waals surface area contributed by atoms with E-state index in [9.17, 15) is 9.59 Å². The van der Waals surface area contributed by atoms with Gasteiger partial charge in [-0.15, -0.1) is 0 Å². The van der Waals surface area contributed by atoms with Gasteiger partial charge in [-0.05, 0) is 55.5 Å². The molecule has 4 rings (SSSR count). The first-order chi connectivity index (χ1) is 19.4. The SMILES string of the molecule is CCOc1ccccc1NC(=O)N(CC(=O)N(Cc1cccn1Cc1ccccc1)C1CCCCC1)CC(C)C. The third kappa shape index (κ3) is 8.13. The fourth-order valence-electron chi connectivity index (χ4n) is 5.48. The highest BCUT2D eigenvalue weighted by atomic mass is 16.5. The molecule has 1 aromatic heterocycles. The second-order valence-corrected chi connectivity index (χ2v) is 11.1. The van der Waals surface area contributed by atoms with Crippen molar-refractivity contribution in [3.63, 3.8) is 0 Å². The lowest BCUT2D eigenvalue weighted by Gasteiger charge is -2.36. The zero-order valence-electron chi connectivity index (χ0n) is 24.2. The number of carbonyl (C=O) groups is 2. The maximum absolute atomic E-state index is 14.0. The minimum atomic E-state index is -0.287. The van der Waals surface area contributed by atoms with Crippen LogP contribution >= 0.6 is 0 Å². The summed E-state index contributed by atoms with van der Waals surface area (Å²) in [4.78, 5) is 31.2. The summed E-state index contributed by atoms with van der Waals surface area (Å²) in [7, 11) is 0.